The van der Waals surface area contributed by atoms with Gasteiger partial charge in [0, 0.05) is 18.4 Å². The fourth-order valence-corrected chi connectivity index (χ4v) is 1.70. The van der Waals surface area contributed by atoms with Crippen molar-refractivity contribution in [1.29, 1.82) is 0 Å². The molecular weight excluding hydrogens is 216 g/mol. The highest BCUT2D eigenvalue weighted by Crippen LogP contribution is 2.13. The van der Waals surface area contributed by atoms with Gasteiger partial charge in [-0.1, -0.05) is 44.2 Å². The fraction of sp³-hybridized carbons (Fsp3) is 0.571. The van der Waals surface area contributed by atoms with Gasteiger partial charge in [-0.15, -0.1) is 0 Å². The van der Waals surface area contributed by atoms with Crippen LogP contribution in [0.2, 0.25) is 0 Å². The second-order valence-electron chi connectivity index (χ2n) is 4.63. The molecule has 3 atom stereocenters. The summed E-state index contributed by atoms with van der Waals surface area (Å²) in [6.45, 7) is 4.83. The number of rotatable bonds is 7. The molecule has 1 aromatic carbocycles. The van der Waals surface area contributed by atoms with E-state index in [0.717, 1.165) is 5.56 Å². The van der Waals surface area contributed by atoms with Crippen molar-refractivity contribution in [2.75, 3.05) is 13.2 Å². The lowest BCUT2D eigenvalue weighted by Gasteiger charge is -2.23. The van der Waals surface area contributed by atoms with Gasteiger partial charge in [0.1, 0.15) is 0 Å². The molecule has 0 aromatic heterocycles. The average Bonchev–Trinajstić information content (AvgIpc) is 2.38. The highest BCUT2D eigenvalue weighted by molar-refractivity contribution is 5.13. The van der Waals surface area contributed by atoms with Crippen molar-refractivity contribution in [2.24, 2.45) is 11.8 Å². The molecule has 3 nitrogen and oxygen atoms in total. The molecule has 0 radical (unpaired) electrons. The maximum absolute atomic E-state index is 9.84. The van der Waals surface area contributed by atoms with E-state index in [4.69, 9.17) is 9.84 Å². The van der Waals surface area contributed by atoms with E-state index in [1.807, 2.05) is 44.2 Å². The summed E-state index contributed by atoms with van der Waals surface area (Å²) in [5.74, 6) is -0.0776. The van der Waals surface area contributed by atoms with E-state index < -0.39 is 6.10 Å². The average molecular weight is 238 g/mol. The Labute approximate surface area is 103 Å². The Morgan fingerprint density at radius 3 is 2.35 bits per heavy atom. The van der Waals surface area contributed by atoms with Crippen LogP contribution in [0.5, 0.6) is 0 Å². The second-order valence-corrected chi connectivity index (χ2v) is 4.63. The lowest BCUT2D eigenvalue weighted by Crippen LogP contribution is -2.30. The number of hydrogen-bond acceptors (Lipinski definition) is 3. The van der Waals surface area contributed by atoms with Crippen LogP contribution in [0.3, 0.4) is 0 Å². The van der Waals surface area contributed by atoms with Gasteiger partial charge in [0.15, 0.2) is 0 Å². The van der Waals surface area contributed by atoms with Crippen LogP contribution in [0, 0.1) is 11.8 Å². The minimum Gasteiger partial charge on any atom is -0.396 e. The fourth-order valence-electron chi connectivity index (χ4n) is 1.70. The van der Waals surface area contributed by atoms with Gasteiger partial charge in [0.25, 0.3) is 0 Å². The van der Waals surface area contributed by atoms with Crippen LogP contribution >= 0.6 is 0 Å². The Balaban J connectivity index is 2.27. The minimum atomic E-state index is -0.518. The minimum absolute atomic E-state index is 0.00416. The molecular formula is C14H22O3. The van der Waals surface area contributed by atoms with Gasteiger partial charge in [0.2, 0.25) is 0 Å². The topological polar surface area (TPSA) is 49.7 Å². The van der Waals surface area contributed by atoms with E-state index in [-0.39, 0.29) is 18.4 Å². The highest BCUT2D eigenvalue weighted by Gasteiger charge is 2.20. The summed E-state index contributed by atoms with van der Waals surface area (Å²) in [5, 5.41) is 18.8. The summed E-state index contributed by atoms with van der Waals surface area (Å²) in [4.78, 5) is 0. The molecule has 3 heteroatoms. The summed E-state index contributed by atoms with van der Waals surface area (Å²) in [6.07, 6.45) is -0.518. The molecule has 0 saturated heterocycles. The summed E-state index contributed by atoms with van der Waals surface area (Å²) in [6, 6.07) is 9.95. The molecule has 0 heterocycles. The third-order valence-electron chi connectivity index (χ3n) is 2.95. The third kappa shape index (κ3) is 4.86. The zero-order chi connectivity index (χ0) is 12.7. The van der Waals surface area contributed by atoms with Crippen molar-refractivity contribution in [1.82, 2.24) is 0 Å². The zero-order valence-electron chi connectivity index (χ0n) is 10.5. The first-order valence-electron chi connectivity index (χ1n) is 6.05. The van der Waals surface area contributed by atoms with Crippen molar-refractivity contribution in [3.63, 3.8) is 0 Å². The number of hydrogen-bond donors (Lipinski definition) is 2. The van der Waals surface area contributed by atoms with Crippen LogP contribution in [-0.2, 0) is 11.3 Å². The van der Waals surface area contributed by atoms with E-state index in [1.165, 1.54) is 0 Å². The van der Waals surface area contributed by atoms with Gasteiger partial charge in [-0.25, -0.2) is 0 Å². The predicted molar refractivity (Wildman–Crippen MR) is 67.5 cm³/mol. The van der Waals surface area contributed by atoms with E-state index >= 15 is 0 Å². The van der Waals surface area contributed by atoms with Gasteiger partial charge >= 0.3 is 0 Å². The van der Waals surface area contributed by atoms with E-state index in [1.54, 1.807) is 0 Å². The van der Waals surface area contributed by atoms with Crippen molar-refractivity contribution in [3.8, 4) is 0 Å². The molecule has 17 heavy (non-hydrogen) atoms. The molecule has 0 aliphatic rings. The molecule has 96 valence electrons. The SMILES string of the molecule is C[C@@H](CO)[C@H](O)[C@@H](C)COCc1ccccc1. The number of aliphatic hydroxyl groups excluding tert-OH is 2. The Kier molecular flexibility index (Phi) is 6.19. The van der Waals surface area contributed by atoms with Gasteiger partial charge in [-0.3, -0.25) is 0 Å². The number of aliphatic hydroxyl groups is 2. The van der Waals surface area contributed by atoms with Gasteiger partial charge in [-0.2, -0.15) is 0 Å². The number of benzene rings is 1. The molecule has 0 spiro atoms. The van der Waals surface area contributed by atoms with Crippen LogP contribution in [0.15, 0.2) is 30.3 Å². The first-order valence-corrected chi connectivity index (χ1v) is 6.05. The highest BCUT2D eigenvalue weighted by atomic mass is 16.5. The monoisotopic (exact) mass is 238 g/mol. The van der Waals surface area contributed by atoms with Crippen molar-refractivity contribution < 1.29 is 14.9 Å². The van der Waals surface area contributed by atoms with Crippen molar-refractivity contribution in [3.05, 3.63) is 35.9 Å². The molecule has 0 aliphatic carbocycles. The molecule has 1 rings (SSSR count). The first kappa shape index (κ1) is 14.2. The van der Waals surface area contributed by atoms with Crippen LogP contribution in [0.1, 0.15) is 19.4 Å². The van der Waals surface area contributed by atoms with E-state index in [9.17, 15) is 5.11 Å². The molecule has 0 bridgehead atoms. The maximum Gasteiger partial charge on any atom is 0.0717 e. The van der Waals surface area contributed by atoms with Crippen LogP contribution in [0.4, 0.5) is 0 Å². The van der Waals surface area contributed by atoms with Crippen LogP contribution < -0.4 is 0 Å². The Hall–Kier alpha value is -0.900. The summed E-state index contributed by atoms with van der Waals surface area (Å²) in [7, 11) is 0. The van der Waals surface area contributed by atoms with Crippen LogP contribution in [0.25, 0.3) is 0 Å². The number of ether oxygens (including phenoxy) is 1. The lowest BCUT2D eigenvalue weighted by atomic mass is 9.95. The van der Waals surface area contributed by atoms with E-state index in [0.29, 0.717) is 13.2 Å². The van der Waals surface area contributed by atoms with Crippen molar-refractivity contribution >= 4 is 0 Å². The van der Waals surface area contributed by atoms with Gasteiger partial charge in [-0.05, 0) is 5.56 Å². The normalized spacial score (nSPS) is 16.5. The second kappa shape index (κ2) is 7.43. The van der Waals surface area contributed by atoms with Crippen LogP contribution in [-0.4, -0.2) is 29.5 Å². The van der Waals surface area contributed by atoms with E-state index in [2.05, 4.69) is 0 Å². The Bertz CT molecular complexity index is 300. The summed E-state index contributed by atoms with van der Waals surface area (Å²) < 4.78 is 5.56. The quantitative estimate of drug-likeness (QED) is 0.762. The molecule has 0 unspecified atom stereocenters. The molecule has 2 N–H and O–H groups in total. The standard InChI is InChI=1S/C14H22O3/c1-11(8-15)14(16)12(2)9-17-10-13-6-4-3-5-7-13/h3-7,11-12,14-16H,8-10H2,1-2H3/t11-,12-,14-/m0/s1. The largest absolute Gasteiger partial charge is 0.396 e. The molecule has 0 fully saturated rings. The Morgan fingerprint density at radius 2 is 1.76 bits per heavy atom. The molecule has 0 saturated carbocycles. The van der Waals surface area contributed by atoms with Crippen molar-refractivity contribution in [2.45, 2.75) is 26.6 Å². The molecule has 0 amide bonds. The smallest absolute Gasteiger partial charge is 0.0717 e. The molecule has 0 aliphatic heterocycles. The summed E-state index contributed by atoms with van der Waals surface area (Å²) in [5.41, 5.74) is 1.13. The Morgan fingerprint density at radius 1 is 1.12 bits per heavy atom. The third-order valence-corrected chi connectivity index (χ3v) is 2.95. The predicted octanol–water partition coefficient (Wildman–Crippen LogP) is 1.83. The van der Waals surface area contributed by atoms with Gasteiger partial charge in [0.05, 0.1) is 19.3 Å². The zero-order valence-corrected chi connectivity index (χ0v) is 10.5. The summed E-state index contributed by atoms with van der Waals surface area (Å²) >= 11 is 0. The molecule has 1 aromatic rings. The first-order chi connectivity index (χ1) is 8.15. The lowest BCUT2D eigenvalue weighted by molar-refractivity contribution is -0.00902. The maximum atomic E-state index is 9.84. The van der Waals surface area contributed by atoms with Gasteiger partial charge < -0.3 is 14.9 Å².